The first kappa shape index (κ1) is 23.4. The van der Waals surface area contributed by atoms with Crippen LogP contribution < -0.4 is 10.6 Å². The summed E-state index contributed by atoms with van der Waals surface area (Å²) in [7, 11) is -3.68. The van der Waals surface area contributed by atoms with Crippen LogP contribution in [0.2, 0.25) is 0 Å². The van der Waals surface area contributed by atoms with Gasteiger partial charge in [-0.15, -0.1) is 0 Å². The zero-order valence-corrected chi connectivity index (χ0v) is 18.6. The second-order valence-electron chi connectivity index (χ2n) is 7.75. The Labute approximate surface area is 188 Å². The number of amides is 2. The lowest BCUT2D eigenvalue weighted by Gasteiger charge is -2.31. The van der Waals surface area contributed by atoms with Gasteiger partial charge in [0.2, 0.25) is 21.8 Å². The van der Waals surface area contributed by atoms with Crippen molar-refractivity contribution in [1.29, 1.82) is 5.26 Å². The predicted octanol–water partition coefficient (Wildman–Crippen LogP) is 1.78. The lowest BCUT2D eigenvalue weighted by atomic mass is 9.97. The van der Waals surface area contributed by atoms with Gasteiger partial charge in [-0.2, -0.15) is 9.57 Å². The van der Waals surface area contributed by atoms with Crippen LogP contribution in [0, 0.1) is 17.2 Å². The Morgan fingerprint density at radius 3 is 2.31 bits per heavy atom. The molecule has 1 aliphatic rings. The van der Waals surface area contributed by atoms with E-state index in [1.807, 2.05) is 36.4 Å². The van der Waals surface area contributed by atoms with Crippen molar-refractivity contribution in [3.05, 3.63) is 65.7 Å². The number of piperidine rings is 1. The van der Waals surface area contributed by atoms with Crippen molar-refractivity contribution in [2.24, 2.45) is 5.92 Å². The first-order chi connectivity index (χ1) is 15.3. The van der Waals surface area contributed by atoms with Crippen LogP contribution in [0.4, 0.5) is 0 Å². The Morgan fingerprint density at radius 2 is 1.72 bits per heavy atom. The number of rotatable bonds is 7. The van der Waals surface area contributed by atoms with Gasteiger partial charge in [0.1, 0.15) is 6.04 Å². The third-order valence-electron chi connectivity index (χ3n) is 5.51. The van der Waals surface area contributed by atoms with E-state index in [0.717, 1.165) is 5.56 Å². The van der Waals surface area contributed by atoms with Gasteiger partial charge < -0.3 is 10.6 Å². The van der Waals surface area contributed by atoms with E-state index in [4.69, 9.17) is 5.26 Å². The fourth-order valence-electron chi connectivity index (χ4n) is 3.54. The van der Waals surface area contributed by atoms with Crippen LogP contribution in [0.1, 0.15) is 30.9 Å². The van der Waals surface area contributed by atoms with Crippen molar-refractivity contribution in [3.63, 3.8) is 0 Å². The molecule has 1 atom stereocenters. The Balaban J connectivity index is 1.49. The van der Waals surface area contributed by atoms with Crippen molar-refractivity contribution in [1.82, 2.24) is 14.9 Å². The first-order valence-corrected chi connectivity index (χ1v) is 11.9. The molecule has 2 aromatic carbocycles. The maximum Gasteiger partial charge on any atom is 0.243 e. The molecule has 1 aliphatic heterocycles. The molecule has 8 nitrogen and oxygen atoms in total. The zero-order valence-electron chi connectivity index (χ0n) is 17.8. The number of benzene rings is 2. The molecule has 2 N–H and O–H groups in total. The van der Waals surface area contributed by atoms with Gasteiger partial charge in [-0.1, -0.05) is 30.3 Å². The molecule has 1 fully saturated rings. The quantitative estimate of drug-likeness (QED) is 0.661. The molecule has 0 spiro atoms. The number of carbonyl (C=O) groups excluding carboxylic acids is 2. The molecule has 0 bridgehead atoms. The number of nitrogens with zero attached hydrogens (tertiary/aromatic N) is 2. The summed E-state index contributed by atoms with van der Waals surface area (Å²) in [5.74, 6) is -0.877. The summed E-state index contributed by atoms with van der Waals surface area (Å²) < 4.78 is 27.0. The van der Waals surface area contributed by atoms with Gasteiger partial charge >= 0.3 is 0 Å². The molecule has 0 radical (unpaired) electrons. The summed E-state index contributed by atoms with van der Waals surface area (Å²) in [6, 6.07) is 16.5. The highest BCUT2D eigenvalue weighted by Crippen LogP contribution is 2.24. The maximum absolute atomic E-state index is 12.8. The van der Waals surface area contributed by atoms with Crippen LogP contribution in [-0.2, 0) is 26.2 Å². The monoisotopic (exact) mass is 454 g/mol. The number of nitrogens with one attached hydrogen (secondary N) is 2. The SMILES string of the molecule is CC(NC(=O)C1CCN(S(=O)(=O)c2ccc(C#N)cc2)CC1)C(=O)NCc1ccccc1. The van der Waals surface area contributed by atoms with E-state index in [1.165, 1.54) is 28.6 Å². The second-order valence-corrected chi connectivity index (χ2v) is 9.69. The van der Waals surface area contributed by atoms with Crippen LogP contribution in [0.5, 0.6) is 0 Å². The van der Waals surface area contributed by atoms with Crippen LogP contribution in [-0.4, -0.2) is 43.7 Å². The number of sulfonamides is 1. The summed E-state index contributed by atoms with van der Waals surface area (Å²) >= 11 is 0. The zero-order chi connectivity index (χ0) is 23.1. The Hall–Kier alpha value is -3.22. The molecule has 0 aliphatic carbocycles. The van der Waals surface area contributed by atoms with E-state index in [0.29, 0.717) is 24.9 Å². The smallest absolute Gasteiger partial charge is 0.243 e. The second kappa shape index (κ2) is 10.4. The lowest BCUT2D eigenvalue weighted by molar-refractivity contribution is -0.131. The van der Waals surface area contributed by atoms with Crippen molar-refractivity contribution in [2.45, 2.75) is 37.2 Å². The van der Waals surface area contributed by atoms with E-state index in [1.54, 1.807) is 6.92 Å². The van der Waals surface area contributed by atoms with E-state index in [-0.39, 0.29) is 35.7 Å². The van der Waals surface area contributed by atoms with Gasteiger partial charge in [-0.25, -0.2) is 8.42 Å². The fourth-order valence-corrected chi connectivity index (χ4v) is 5.01. The maximum atomic E-state index is 12.8. The topological polar surface area (TPSA) is 119 Å². The standard InChI is InChI=1S/C23H26N4O4S/c1-17(22(28)25-16-19-5-3-2-4-6-19)26-23(29)20-11-13-27(14-12-20)32(30,31)21-9-7-18(15-24)8-10-21/h2-10,17,20H,11-14,16H2,1H3,(H,25,28)(H,26,29). The third-order valence-corrected chi connectivity index (χ3v) is 7.42. The van der Waals surface area contributed by atoms with Gasteiger partial charge in [0.25, 0.3) is 0 Å². The van der Waals surface area contributed by atoms with E-state index in [9.17, 15) is 18.0 Å². The molecular formula is C23H26N4O4S. The molecule has 168 valence electrons. The number of carbonyl (C=O) groups is 2. The first-order valence-electron chi connectivity index (χ1n) is 10.4. The van der Waals surface area contributed by atoms with Crippen LogP contribution in [0.3, 0.4) is 0 Å². The summed E-state index contributed by atoms with van der Waals surface area (Å²) in [6.45, 7) is 2.44. The molecule has 1 saturated heterocycles. The summed E-state index contributed by atoms with van der Waals surface area (Å²) in [5.41, 5.74) is 1.36. The van der Waals surface area contributed by atoms with Crippen molar-refractivity contribution in [3.8, 4) is 6.07 Å². The minimum absolute atomic E-state index is 0.128. The minimum Gasteiger partial charge on any atom is -0.350 e. The lowest BCUT2D eigenvalue weighted by Crippen LogP contribution is -2.49. The molecule has 0 aromatic heterocycles. The van der Waals surface area contributed by atoms with E-state index in [2.05, 4.69) is 10.6 Å². The molecule has 9 heteroatoms. The van der Waals surface area contributed by atoms with Crippen LogP contribution >= 0.6 is 0 Å². The summed E-state index contributed by atoms with van der Waals surface area (Å²) in [6.07, 6.45) is 0.749. The molecule has 1 heterocycles. The van der Waals surface area contributed by atoms with Crippen molar-refractivity contribution < 1.29 is 18.0 Å². The predicted molar refractivity (Wildman–Crippen MR) is 119 cm³/mol. The molecular weight excluding hydrogens is 428 g/mol. The molecule has 2 aromatic rings. The fraction of sp³-hybridized carbons (Fsp3) is 0.348. The van der Waals surface area contributed by atoms with Crippen LogP contribution in [0.15, 0.2) is 59.5 Å². The number of hydrogen-bond acceptors (Lipinski definition) is 5. The van der Waals surface area contributed by atoms with Crippen LogP contribution in [0.25, 0.3) is 0 Å². The Kier molecular flexibility index (Phi) is 7.62. The number of nitriles is 1. The third kappa shape index (κ3) is 5.72. The Bertz CT molecular complexity index is 1090. The highest BCUT2D eigenvalue weighted by atomic mass is 32.2. The van der Waals surface area contributed by atoms with Gasteiger partial charge in [0.15, 0.2) is 0 Å². The summed E-state index contributed by atoms with van der Waals surface area (Å²) in [5, 5.41) is 14.4. The van der Waals surface area contributed by atoms with E-state index < -0.39 is 16.1 Å². The largest absolute Gasteiger partial charge is 0.350 e. The van der Waals surface area contributed by atoms with Gasteiger partial charge in [-0.05, 0) is 49.6 Å². The normalized spacial score (nSPS) is 16.0. The van der Waals surface area contributed by atoms with Gasteiger partial charge in [-0.3, -0.25) is 9.59 Å². The molecule has 2 amide bonds. The van der Waals surface area contributed by atoms with Gasteiger partial charge in [0.05, 0.1) is 16.5 Å². The minimum atomic E-state index is -3.68. The average molecular weight is 455 g/mol. The van der Waals surface area contributed by atoms with Crippen molar-refractivity contribution in [2.75, 3.05) is 13.1 Å². The van der Waals surface area contributed by atoms with Gasteiger partial charge in [0, 0.05) is 25.6 Å². The molecule has 1 unspecified atom stereocenters. The van der Waals surface area contributed by atoms with Crippen molar-refractivity contribution >= 4 is 21.8 Å². The number of hydrogen-bond donors (Lipinski definition) is 2. The average Bonchev–Trinajstić information content (AvgIpc) is 2.83. The molecule has 3 rings (SSSR count). The highest BCUT2D eigenvalue weighted by Gasteiger charge is 2.32. The molecule has 0 saturated carbocycles. The van der Waals surface area contributed by atoms with E-state index >= 15 is 0 Å². The molecule has 32 heavy (non-hydrogen) atoms. The Morgan fingerprint density at radius 1 is 1.09 bits per heavy atom. The summed E-state index contributed by atoms with van der Waals surface area (Å²) in [4.78, 5) is 25.0. The highest BCUT2D eigenvalue weighted by molar-refractivity contribution is 7.89.